The van der Waals surface area contributed by atoms with Gasteiger partial charge in [0.1, 0.15) is 23.1 Å². The summed E-state index contributed by atoms with van der Waals surface area (Å²) < 4.78 is 10.8. The Bertz CT molecular complexity index is 903. The Labute approximate surface area is 205 Å². The number of nitrogens with one attached hydrogen (secondary N) is 3. The van der Waals surface area contributed by atoms with E-state index in [0.717, 1.165) is 0 Å². The number of aromatic hydroxyl groups is 1. The molecule has 1 aliphatic rings. The molecule has 0 radical (unpaired) electrons. The lowest BCUT2D eigenvalue weighted by Crippen LogP contribution is -2.27. The minimum Gasteiger partial charge on any atom is -0.507 e. The number of aromatic amines is 1. The van der Waals surface area contributed by atoms with Crippen LogP contribution in [0.1, 0.15) is 70.2 Å². The summed E-state index contributed by atoms with van der Waals surface area (Å²) >= 11 is 0. The predicted octanol–water partition coefficient (Wildman–Crippen LogP) is 4.35. The molecule has 2 amide bonds. The standard InChI is InChI=1S/C15H17N3O5.C5H10.C4H9NO2/c1-9(2)23-10-5-12(20)11(7-19)13(6-10)22-8-15(21)17-14-3-4-16-18-14;1-2-4-5-3-1;1-3(2)5-4(6)7/h3-7,9,20H,8H2,1-2H3,(H2,16,17,18,21);1-5H2;3,5H,1-2H3,(H,6,7). The second kappa shape index (κ2) is 16.0. The Morgan fingerprint density at radius 2 is 1.77 bits per heavy atom. The highest BCUT2D eigenvalue weighted by Crippen LogP contribution is 2.32. The van der Waals surface area contributed by atoms with E-state index in [1.165, 1.54) is 50.4 Å². The van der Waals surface area contributed by atoms with E-state index in [1.54, 1.807) is 19.9 Å². The number of phenols is 1. The summed E-state index contributed by atoms with van der Waals surface area (Å²) in [5.74, 6) is 0.110. The Kier molecular flexibility index (Phi) is 13.4. The fraction of sp³-hybridized carbons (Fsp3) is 0.500. The molecule has 2 aromatic rings. The molecule has 0 atom stereocenters. The molecule has 11 nitrogen and oxygen atoms in total. The minimum atomic E-state index is -0.963. The summed E-state index contributed by atoms with van der Waals surface area (Å²) in [7, 11) is 0. The van der Waals surface area contributed by atoms with Crippen LogP contribution in [0.5, 0.6) is 17.2 Å². The number of anilines is 1. The number of aldehydes is 1. The molecule has 194 valence electrons. The van der Waals surface area contributed by atoms with E-state index in [9.17, 15) is 19.5 Å². The van der Waals surface area contributed by atoms with Crippen molar-refractivity contribution in [2.75, 3.05) is 11.9 Å². The van der Waals surface area contributed by atoms with Gasteiger partial charge in [0.15, 0.2) is 12.9 Å². The van der Waals surface area contributed by atoms with Crippen LogP contribution in [0, 0.1) is 0 Å². The maximum atomic E-state index is 11.8. The molecule has 0 unspecified atom stereocenters. The molecule has 0 saturated heterocycles. The molecule has 1 aromatic carbocycles. The van der Waals surface area contributed by atoms with E-state index in [4.69, 9.17) is 14.6 Å². The average Bonchev–Trinajstić information content (AvgIpc) is 3.48. The van der Waals surface area contributed by atoms with Gasteiger partial charge < -0.3 is 30.3 Å². The van der Waals surface area contributed by atoms with E-state index in [-0.39, 0.29) is 35.8 Å². The first-order valence-corrected chi connectivity index (χ1v) is 11.5. The second-order valence-corrected chi connectivity index (χ2v) is 8.32. The highest BCUT2D eigenvalue weighted by molar-refractivity contribution is 5.91. The first kappa shape index (κ1) is 29.3. The number of benzene rings is 1. The van der Waals surface area contributed by atoms with Gasteiger partial charge >= 0.3 is 6.09 Å². The maximum Gasteiger partial charge on any atom is 0.404 e. The zero-order chi connectivity index (χ0) is 26.2. The Morgan fingerprint density at radius 1 is 1.14 bits per heavy atom. The van der Waals surface area contributed by atoms with Crippen molar-refractivity contribution in [3.63, 3.8) is 0 Å². The monoisotopic (exact) mass is 492 g/mol. The summed E-state index contributed by atoms with van der Waals surface area (Å²) in [6, 6.07) is 4.38. The third-order valence-corrected chi connectivity index (χ3v) is 4.38. The van der Waals surface area contributed by atoms with Crippen LogP contribution in [0.3, 0.4) is 0 Å². The highest BCUT2D eigenvalue weighted by Gasteiger charge is 2.14. The SMILES string of the molecule is C1CCCC1.CC(C)NC(=O)O.CC(C)Oc1cc(O)c(C=O)c(OCC(=O)Nc2ccn[nH]2)c1. The number of rotatable bonds is 8. The summed E-state index contributed by atoms with van der Waals surface area (Å²) in [4.78, 5) is 32.6. The van der Waals surface area contributed by atoms with Crippen molar-refractivity contribution in [2.45, 2.75) is 71.9 Å². The van der Waals surface area contributed by atoms with Crippen LogP contribution in [-0.2, 0) is 4.79 Å². The fourth-order valence-corrected chi connectivity index (χ4v) is 2.95. The van der Waals surface area contributed by atoms with Gasteiger partial charge in [-0.25, -0.2) is 4.79 Å². The number of phenolic OH excluding ortho intramolecular Hbond substituents is 1. The summed E-state index contributed by atoms with van der Waals surface area (Å²) in [6.07, 6.45) is 8.37. The van der Waals surface area contributed by atoms with E-state index in [0.29, 0.717) is 17.9 Å². The van der Waals surface area contributed by atoms with Gasteiger partial charge in [0.2, 0.25) is 0 Å². The molecule has 0 bridgehead atoms. The van der Waals surface area contributed by atoms with Crippen LogP contribution >= 0.6 is 0 Å². The number of amides is 2. The molecule has 1 aliphatic carbocycles. The number of hydrogen-bond donors (Lipinski definition) is 5. The molecular weight excluding hydrogens is 456 g/mol. The molecule has 3 rings (SSSR count). The molecule has 35 heavy (non-hydrogen) atoms. The van der Waals surface area contributed by atoms with Crippen LogP contribution in [0.25, 0.3) is 0 Å². The molecule has 11 heteroatoms. The lowest BCUT2D eigenvalue weighted by molar-refractivity contribution is -0.118. The van der Waals surface area contributed by atoms with Crippen LogP contribution in [-0.4, -0.2) is 57.4 Å². The Morgan fingerprint density at radius 3 is 2.20 bits per heavy atom. The van der Waals surface area contributed by atoms with Crippen LogP contribution in [0.2, 0.25) is 0 Å². The van der Waals surface area contributed by atoms with Crippen LogP contribution in [0.4, 0.5) is 10.6 Å². The van der Waals surface area contributed by atoms with Crippen LogP contribution in [0.15, 0.2) is 24.4 Å². The molecule has 1 fully saturated rings. The lowest BCUT2D eigenvalue weighted by Gasteiger charge is -2.14. The van der Waals surface area contributed by atoms with E-state index < -0.39 is 12.0 Å². The third-order valence-electron chi connectivity index (χ3n) is 4.38. The Hall–Kier alpha value is -3.76. The smallest absolute Gasteiger partial charge is 0.404 e. The minimum absolute atomic E-state index is 0.0255. The molecule has 1 aromatic heterocycles. The Balaban J connectivity index is 0.000000417. The van der Waals surface area contributed by atoms with Crippen molar-refractivity contribution < 1.29 is 34.1 Å². The van der Waals surface area contributed by atoms with Crippen molar-refractivity contribution in [1.82, 2.24) is 15.5 Å². The predicted molar refractivity (Wildman–Crippen MR) is 131 cm³/mol. The van der Waals surface area contributed by atoms with Crippen molar-refractivity contribution in [3.05, 3.63) is 30.0 Å². The van der Waals surface area contributed by atoms with Gasteiger partial charge in [-0.05, 0) is 27.7 Å². The van der Waals surface area contributed by atoms with Crippen LogP contribution < -0.4 is 20.1 Å². The van der Waals surface area contributed by atoms with Gasteiger partial charge in [-0.2, -0.15) is 5.10 Å². The van der Waals surface area contributed by atoms with Gasteiger partial charge in [0, 0.05) is 24.2 Å². The first-order chi connectivity index (χ1) is 16.6. The van der Waals surface area contributed by atoms with Gasteiger partial charge in [-0.3, -0.25) is 14.7 Å². The van der Waals surface area contributed by atoms with Gasteiger partial charge in [-0.15, -0.1) is 0 Å². The van der Waals surface area contributed by atoms with E-state index in [1.807, 2.05) is 13.8 Å². The number of carboxylic acid groups (broad SMARTS) is 1. The number of hydrogen-bond acceptors (Lipinski definition) is 7. The molecular formula is C24H36N4O7. The number of carbonyl (C=O) groups excluding carboxylic acids is 2. The first-order valence-electron chi connectivity index (χ1n) is 11.5. The normalized spacial score (nSPS) is 12.1. The fourth-order valence-electron chi connectivity index (χ4n) is 2.95. The third kappa shape index (κ3) is 12.9. The summed E-state index contributed by atoms with van der Waals surface area (Å²) in [6.45, 7) is 6.85. The van der Waals surface area contributed by atoms with Gasteiger partial charge in [0.05, 0.1) is 17.9 Å². The molecule has 1 saturated carbocycles. The topological polar surface area (TPSA) is 163 Å². The molecule has 5 N–H and O–H groups in total. The average molecular weight is 493 g/mol. The van der Waals surface area contributed by atoms with Crippen molar-refractivity contribution in [1.29, 1.82) is 0 Å². The van der Waals surface area contributed by atoms with Gasteiger partial charge in [-0.1, -0.05) is 32.1 Å². The van der Waals surface area contributed by atoms with E-state index in [2.05, 4.69) is 20.8 Å². The van der Waals surface area contributed by atoms with Crippen molar-refractivity contribution >= 4 is 24.1 Å². The number of carbonyl (C=O) groups is 3. The maximum absolute atomic E-state index is 11.8. The molecule has 0 aliphatic heterocycles. The molecule has 1 heterocycles. The number of aromatic nitrogens is 2. The highest BCUT2D eigenvalue weighted by atomic mass is 16.5. The second-order valence-electron chi connectivity index (χ2n) is 8.32. The van der Waals surface area contributed by atoms with E-state index >= 15 is 0 Å². The lowest BCUT2D eigenvalue weighted by atomic mass is 10.2. The van der Waals surface area contributed by atoms with Gasteiger partial charge in [0.25, 0.3) is 5.91 Å². The molecule has 0 spiro atoms. The summed E-state index contributed by atoms with van der Waals surface area (Å²) in [5.41, 5.74) is -0.0459. The zero-order valence-electron chi connectivity index (χ0n) is 20.7. The number of nitrogens with zero attached hydrogens (tertiary/aromatic N) is 1. The summed E-state index contributed by atoms with van der Waals surface area (Å²) in [5, 5.41) is 28.8. The quantitative estimate of drug-likeness (QED) is 0.340. The zero-order valence-corrected chi connectivity index (χ0v) is 20.7. The number of H-pyrrole nitrogens is 1. The largest absolute Gasteiger partial charge is 0.507 e. The van der Waals surface area contributed by atoms with Crippen molar-refractivity contribution in [2.24, 2.45) is 0 Å². The van der Waals surface area contributed by atoms with Crippen molar-refractivity contribution in [3.8, 4) is 17.2 Å². The number of ether oxygens (including phenoxy) is 2.